The molecule has 4 nitrogen and oxygen atoms in total. The Morgan fingerprint density at radius 1 is 1.40 bits per heavy atom. The molecule has 1 heterocycles. The molecule has 0 fully saturated rings. The molecule has 1 aromatic carbocycles. The van der Waals surface area contributed by atoms with Gasteiger partial charge in [0.1, 0.15) is 0 Å². The van der Waals surface area contributed by atoms with Gasteiger partial charge in [-0.1, -0.05) is 11.6 Å². The zero-order valence-electron chi connectivity index (χ0n) is 8.07. The van der Waals surface area contributed by atoms with Crippen LogP contribution in [0.25, 0.3) is 0 Å². The van der Waals surface area contributed by atoms with Crippen LogP contribution in [0.1, 0.15) is 5.56 Å². The molecule has 0 aliphatic carbocycles. The van der Waals surface area contributed by atoms with Crippen molar-refractivity contribution in [2.75, 3.05) is 13.4 Å². The minimum Gasteiger partial charge on any atom is -0.454 e. The molecular weight excluding hydrogens is 218 g/mol. The molecule has 1 atom stereocenters. The summed E-state index contributed by atoms with van der Waals surface area (Å²) in [6.07, 6.45) is 0.520. The highest BCUT2D eigenvalue weighted by atomic mass is 35.5. The number of fused-ring (bicyclic) bond motifs is 1. The van der Waals surface area contributed by atoms with Crippen LogP contribution in [0.5, 0.6) is 11.5 Å². The molecule has 0 bridgehead atoms. The minimum atomic E-state index is -0.303. The van der Waals surface area contributed by atoms with Gasteiger partial charge in [0.15, 0.2) is 11.5 Å². The lowest BCUT2D eigenvalue weighted by Gasteiger charge is -2.10. The second-order valence-corrected chi connectivity index (χ2v) is 3.85. The number of rotatable bonds is 3. The second-order valence-electron chi connectivity index (χ2n) is 3.44. The number of ether oxygens (including phenoxy) is 2. The van der Waals surface area contributed by atoms with Gasteiger partial charge in [0.2, 0.25) is 6.79 Å². The Morgan fingerprint density at radius 2 is 2.07 bits per heavy atom. The van der Waals surface area contributed by atoms with E-state index in [2.05, 4.69) is 0 Å². The molecule has 1 aliphatic heterocycles. The third kappa shape index (κ3) is 2.17. The molecule has 0 radical (unpaired) electrons. The van der Waals surface area contributed by atoms with Crippen LogP contribution in [-0.2, 0) is 6.42 Å². The summed E-state index contributed by atoms with van der Waals surface area (Å²) in [7, 11) is 0. The van der Waals surface area contributed by atoms with E-state index in [4.69, 9.17) is 31.9 Å². The molecule has 1 unspecified atom stereocenters. The number of aliphatic hydroxyl groups excluding tert-OH is 1. The van der Waals surface area contributed by atoms with Gasteiger partial charge in [0.25, 0.3) is 0 Å². The Morgan fingerprint density at radius 3 is 2.73 bits per heavy atom. The third-order valence-electron chi connectivity index (χ3n) is 2.26. The van der Waals surface area contributed by atoms with E-state index in [9.17, 15) is 0 Å². The molecule has 0 aromatic heterocycles. The Kier molecular flexibility index (Phi) is 3.00. The molecule has 82 valence electrons. The van der Waals surface area contributed by atoms with Crippen molar-refractivity contribution < 1.29 is 14.6 Å². The first-order chi connectivity index (χ1) is 7.20. The molecule has 5 heteroatoms. The topological polar surface area (TPSA) is 64.7 Å². The Hall–Kier alpha value is -0.970. The van der Waals surface area contributed by atoms with Crippen molar-refractivity contribution >= 4 is 11.6 Å². The van der Waals surface area contributed by atoms with E-state index in [-0.39, 0.29) is 19.4 Å². The van der Waals surface area contributed by atoms with E-state index in [0.717, 1.165) is 5.56 Å². The minimum absolute atomic E-state index is 0.0647. The van der Waals surface area contributed by atoms with Crippen LogP contribution in [0.4, 0.5) is 0 Å². The summed E-state index contributed by atoms with van der Waals surface area (Å²) in [5.74, 6) is 1.33. The average Bonchev–Trinajstić information content (AvgIpc) is 2.65. The van der Waals surface area contributed by atoms with Crippen molar-refractivity contribution in [3.8, 4) is 11.5 Å². The van der Waals surface area contributed by atoms with Crippen LogP contribution < -0.4 is 15.2 Å². The van der Waals surface area contributed by atoms with Gasteiger partial charge in [-0.05, 0) is 18.1 Å². The fourth-order valence-electron chi connectivity index (χ4n) is 1.46. The molecule has 0 spiro atoms. The number of halogens is 1. The summed E-state index contributed by atoms with van der Waals surface area (Å²) >= 11 is 6.04. The van der Waals surface area contributed by atoms with Gasteiger partial charge in [-0.3, -0.25) is 0 Å². The summed E-state index contributed by atoms with van der Waals surface area (Å²) < 4.78 is 10.4. The first kappa shape index (κ1) is 10.5. The van der Waals surface area contributed by atoms with Crippen molar-refractivity contribution in [3.05, 3.63) is 22.7 Å². The first-order valence-corrected chi connectivity index (χ1v) is 5.03. The van der Waals surface area contributed by atoms with Gasteiger partial charge in [-0.2, -0.15) is 0 Å². The van der Waals surface area contributed by atoms with Gasteiger partial charge >= 0.3 is 0 Å². The molecule has 15 heavy (non-hydrogen) atoms. The molecule has 3 N–H and O–H groups in total. The van der Waals surface area contributed by atoms with Gasteiger partial charge in [0.05, 0.1) is 6.61 Å². The second kappa shape index (κ2) is 4.26. The number of aliphatic hydroxyl groups is 1. The summed E-state index contributed by atoms with van der Waals surface area (Å²) in [5.41, 5.74) is 6.50. The lowest BCUT2D eigenvalue weighted by atomic mass is 10.1. The van der Waals surface area contributed by atoms with Gasteiger partial charge in [0, 0.05) is 17.1 Å². The van der Waals surface area contributed by atoms with Crippen LogP contribution in [-0.4, -0.2) is 24.5 Å². The normalized spacial score (nSPS) is 15.4. The van der Waals surface area contributed by atoms with Gasteiger partial charge < -0.3 is 20.3 Å². The Balaban J connectivity index is 2.24. The highest BCUT2D eigenvalue weighted by Crippen LogP contribution is 2.37. The summed E-state index contributed by atoms with van der Waals surface area (Å²) in [5, 5.41) is 9.44. The fraction of sp³-hybridized carbons (Fsp3) is 0.400. The molecule has 0 amide bonds. The van der Waals surface area contributed by atoms with E-state index < -0.39 is 0 Å². The summed E-state index contributed by atoms with van der Waals surface area (Å²) in [6, 6.07) is 3.21. The average molecular weight is 230 g/mol. The van der Waals surface area contributed by atoms with Crippen molar-refractivity contribution in [2.24, 2.45) is 5.73 Å². The lowest BCUT2D eigenvalue weighted by Crippen LogP contribution is -2.26. The number of nitrogens with two attached hydrogens (primary N) is 1. The van der Waals surface area contributed by atoms with Crippen molar-refractivity contribution in [3.63, 3.8) is 0 Å². The molecular formula is C10H12ClNO3. The van der Waals surface area contributed by atoms with E-state index in [1.807, 2.05) is 0 Å². The van der Waals surface area contributed by atoms with Crippen LogP contribution in [0.15, 0.2) is 12.1 Å². The zero-order chi connectivity index (χ0) is 10.8. The SMILES string of the molecule is NC(CO)Cc1cc2c(cc1Cl)OCO2. The van der Waals surface area contributed by atoms with E-state index in [1.54, 1.807) is 12.1 Å². The highest BCUT2D eigenvalue weighted by molar-refractivity contribution is 6.31. The quantitative estimate of drug-likeness (QED) is 0.810. The Labute approximate surface area is 92.5 Å². The van der Waals surface area contributed by atoms with E-state index in [0.29, 0.717) is 22.9 Å². The number of hydrogen-bond acceptors (Lipinski definition) is 4. The molecule has 1 aromatic rings. The van der Waals surface area contributed by atoms with Crippen LogP contribution in [0, 0.1) is 0 Å². The smallest absolute Gasteiger partial charge is 0.231 e. The summed E-state index contributed by atoms with van der Waals surface area (Å²) in [6.45, 7) is 0.159. The standard InChI is InChI=1S/C10H12ClNO3/c11-8-3-10-9(14-5-15-10)2-6(8)1-7(12)4-13/h2-3,7,13H,1,4-5,12H2. The lowest BCUT2D eigenvalue weighted by molar-refractivity contribution is 0.174. The molecule has 1 aliphatic rings. The number of benzene rings is 1. The monoisotopic (exact) mass is 229 g/mol. The molecule has 0 saturated heterocycles. The van der Waals surface area contributed by atoms with Crippen LogP contribution in [0.3, 0.4) is 0 Å². The van der Waals surface area contributed by atoms with Crippen LogP contribution >= 0.6 is 11.6 Å². The highest BCUT2D eigenvalue weighted by Gasteiger charge is 2.17. The van der Waals surface area contributed by atoms with Gasteiger partial charge in [-0.15, -0.1) is 0 Å². The van der Waals surface area contributed by atoms with E-state index >= 15 is 0 Å². The Bertz CT molecular complexity index is 370. The van der Waals surface area contributed by atoms with Crippen molar-refractivity contribution in [1.29, 1.82) is 0 Å². The number of hydrogen-bond donors (Lipinski definition) is 2. The largest absolute Gasteiger partial charge is 0.454 e. The van der Waals surface area contributed by atoms with Crippen LogP contribution in [0.2, 0.25) is 5.02 Å². The predicted octanol–water partition coefficient (Wildman–Crippen LogP) is 0.931. The maximum absolute atomic E-state index is 8.86. The first-order valence-electron chi connectivity index (χ1n) is 4.65. The molecule has 2 rings (SSSR count). The predicted molar refractivity (Wildman–Crippen MR) is 56.3 cm³/mol. The molecule has 0 saturated carbocycles. The van der Waals surface area contributed by atoms with Crippen molar-refractivity contribution in [2.45, 2.75) is 12.5 Å². The maximum Gasteiger partial charge on any atom is 0.231 e. The van der Waals surface area contributed by atoms with Crippen molar-refractivity contribution in [1.82, 2.24) is 0 Å². The van der Waals surface area contributed by atoms with Gasteiger partial charge in [-0.25, -0.2) is 0 Å². The fourth-order valence-corrected chi connectivity index (χ4v) is 1.69. The zero-order valence-corrected chi connectivity index (χ0v) is 8.83. The summed E-state index contributed by atoms with van der Waals surface area (Å²) in [4.78, 5) is 0. The van der Waals surface area contributed by atoms with E-state index in [1.165, 1.54) is 0 Å². The maximum atomic E-state index is 8.86. The third-order valence-corrected chi connectivity index (χ3v) is 2.61.